The van der Waals surface area contributed by atoms with E-state index in [9.17, 15) is 0 Å². The number of halogens is 1. The molecule has 0 amide bonds. The van der Waals surface area contributed by atoms with Gasteiger partial charge in [-0.1, -0.05) is 0 Å². The fraction of sp³-hybridized carbons (Fsp3) is 0.444. The van der Waals surface area contributed by atoms with Crippen LogP contribution in [0.5, 0.6) is 5.75 Å². The summed E-state index contributed by atoms with van der Waals surface area (Å²) < 4.78 is 6.37. The van der Waals surface area contributed by atoms with E-state index < -0.39 is 0 Å². The maximum atomic E-state index is 8.66. The van der Waals surface area contributed by atoms with Crippen LogP contribution in [0.1, 0.15) is 13.3 Å². The van der Waals surface area contributed by atoms with Gasteiger partial charge in [0.2, 0.25) is 0 Å². The highest BCUT2D eigenvalue weighted by Gasteiger charge is 2.03. The summed E-state index contributed by atoms with van der Waals surface area (Å²) in [7, 11) is 0. The standard InChI is InChI=1S/C9H12BrNO2/c1-7(2-3-12)13-9-4-8(10)5-11-6-9/h4-7,12H,2-3H2,1H3/t7-/m0/s1. The van der Waals surface area contributed by atoms with Crippen LogP contribution in [0.15, 0.2) is 22.9 Å². The fourth-order valence-corrected chi connectivity index (χ4v) is 1.27. The van der Waals surface area contributed by atoms with Crippen LogP contribution < -0.4 is 4.74 Å². The topological polar surface area (TPSA) is 42.4 Å². The molecule has 0 saturated heterocycles. The molecule has 1 aromatic heterocycles. The van der Waals surface area contributed by atoms with Crippen molar-refractivity contribution in [2.75, 3.05) is 6.61 Å². The van der Waals surface area contributed by atoms with E-state index in [1.54, 1.807) is 12.4 Å². The van der Waals surface area contributed by atoms with Crippen LogP contribution in [0, 0.1) is 0 Å². The van der Waals surface area contributed by atoms with Gasteiger partial charge in [0, 0.05) is 23.7 Å². The zero-order valence-corrected chi connectivity index (χ0v) is 8.99. The number of ether oxygens (including phenoxy) is 1. The number of hydrogen-bond donors (Lipinski definition) is 1. The van der Waals surface area contributed by atoms with Gasteiger partial charge in [-0.15, -0.1) is 0 Å². The lowest BCUT2D eigenvalue weighted by molar-refractivity contribution is 0.168. The van der Waals surface area contributed by atoms with E-state index in [-0.39, 0.29) is 12.7 Å². The van der Waals surface area contributed by atoms with Crippen LogP contribution in [-0.2, 0) is 0 Å². The Labute approximate surface area is 85.9 Å². The van der Waals surface area contributed by atoms with Crippen molar-refractivity contribution >= 4 is 15.9 Å². The SMILES string of the molecule is C[C@@H](CCO)Oc1cncc(Br)c1. The minimum atomic E-state index is 0.0149. The van der Waals surface area contributed by atoms with Gasteiger partial charge in [0.05, 0.1) is 12.3 Å². The number of aromatic nitrogens is 1. The summed E-state index contributed by atoms with van der Waals surface area (Å²) in [5.41, 5.74) is 0. The molecule has 0 saturated carbocycles. The van der Waals surface area contributed by atoms with Gasteiger partial charge >= 0.3 is 0 Å². The summed E-state index contributed by atoms with van der Waals surface area (Å²) in [6.45, 7) is 2.06. The summed E-state index contributed by atoms with van der Waals surface area (Å²) in [5.74, 6) is 0.718. The molecule has 1 N–H and O–H groups in total. The molecule has 1 atom stereocenters. The van der Waals surface area contributed by atoms with Crippen LogP contribution in [0.4, 0.5) is 0 Å². The minimum Gasteiger partial charge on any atom is -0.489 e. The first-order valence-corrected chi connectivity index (χ1v) is 4.89. The molecular weight excluding hydrogens is 234 g/mol. The molecule has 1 rings (SSSR count). The molecule has 3 nitrogen and oxygen atoms in total. The second-order valence-corrected chi connectivity index (χ2v) is 3.70. The maximum absolute atomic E-state index is 8.66. The summed E-state index contributed by atoms with van der Waals surface area (Å²) >= 11 is 3.30. The zero-order chi connectivity index (χ0) is 9.68. The van der Waals surface area contributed by atoms with Crippen molar-refractivity contribution < 1.29 is 9.84 Å². The van der Waals surface area contributed by atoms with E-state index in [1.165, 1.54) is 0 Å². The minimum absolute atomic E-state index is 0.0149. The van der Waals surface area contributed by atoms with Gasteiger partial charge < -0.3 is 9.84 Å². The first-order chi connectivity index (χ1) is 6.22. The quantitative estimate of drug-likeness (QED) is 0.883. The molecule has 0 aliphatic rings. The van der Waals surface area contributed by atoms with Crippen molar-refractivity contribution in [3.8, 4) is 5.75 Å². The van der Waals surface area contributed by atoms with Crippen molar-refractivity contribution in [3.05, 3.63) is 22.9 Å². The van der Waals surface area contributed by atoms with Gasteiger partial charge in [0.15, 0.2) is 0 Å². The molecule has 0 aliphatic heterocycles. The molecule has 13 heavy (non-hydrogen) atoms. The van der Waals surface area contributed by atoms with Gasteiger partial charge in [0.1, 0.15) is 5.75 Å². The fourth-order valence-electron chi connectivity index (χ4n) is 0.930. The first kappa shape index (κ1) is 10.5. The molecule has 0 unspecified atom stereocenters. The summed E-state index contributed by atoms with van der Waals surface area (Å²) in [4.78, 5) is 3.96. The molecule has 1 heterocycles. The van der Waals surface area contributed by atoms with Gasteiger partial charge in [-0.3, -0.25) is 4.98 Å². The Morgan fingerprint density at radius 1 is 1.62 bits per heavy atom. The van der Waals surface area contributed by atoms with Gasteiger partial charge in [-0.25, -0.2) is 0 Å². The molecule has 4 heteroatoms. The predicted molar refractivity (Wildman–Crippen MR) is 53.7 cm³/mol. The van der Waals surface area contributed by atoms with Crippen LogP contribution in [0.25, 0.3) is 0 Å². The lowest BCUT2D eigenvalue weighted by atomic mass is 10.3. The predicted octanol–water partition coefficient (Wildman–Crippen LogP) is 1.99. The van der Waals surface area contributed by atoms with E-state index in [1.807, 2.05) is 13.0 Å². The molecule has 72 valence electrons. The molecule has 0 aliphatic carbocycles. The lowest BCUT2D eigenvalue weighted by Crippen LogP contribution is -2.13. The number of nitrogens with zero attached hydrogens (tertiary/aromatic N) is 1. The monoisotopic (exact) mass is 245 g/mol. The molecule has 1 aromatic rings. The van der Waals surface area contributed by atoms with Crippen LogP contribution in [0.3, 0.4) is 0 Å². The number of aliphatic hydroxyl groups excluding tert-OH is 1. The second-order valence-electron chi connectivity index (χ2n) is 2.78. The molecule has 0 spiro atoms. The highest BCUT2D eigenvalue weighted by molar-refractivity contribution is 9.10. The zero-order valence-electron chi connectivity index (χ0n) is 7.40. The van der Waals surface area contributed by atoms with Crippen LogP contribution >= 0.6 is 15.9 Å². The van der Waals surface area contributed by atoms with Crippen LogP contribution in [-0.4, -0.2) is 22.8 Å². The Morgan fingerprint density at radius 2 is 2.38 bits per heavy atom. The van der Waals surface area contributed by atoms with E-state index in [2.05, 4.69) is 20.9 Å². The maximum Gasteiger partial charge on any atom is 0.139 e. The van der Waals surface area contributed by atoms with Crippen molar-refractivity contribution in [2.24, 2.45) is 0 Å². The number of pyridine rings is 1. The average Bonchev–Trinajstić information content (AvgIpc) is 2.04. The van der Waals surface area contributed by atoms with E-state index >= 15 is 0 Å². The average molecular weight is 246 g/mol. The summed E-state index contributed by atoms with van der Waals surface area (Å²) in [6, 6.07) is 1.85. The highest BCUT2D eigenvalue weighted by Crippen LogP contribution is 2.17. The Bertz CT molecular complexity index is 268. The van der Waals surface area contributed by atoms with Crippen molar-refractivity contribution in [3.63, 3.8) is 0 Å². The Balaban J connectivity index is 2.53. The van der Waals surface area contributed by atoms with E-state index in [0.717, 1.165) is 10.2 Å². The lowest BCUT2D eigenvalue weighted by Gasteiger charge is -2.12. The Kier molecular flexibility index (Phi) is 4.18. The third-order valence-electron chi connectivity index (χ3n) is 1.55. The molecule has 0 aromatic carbocycles. The third kappa shape index (κ3) is 3.74. The van der Waals surface area contributed by atoms with E-state index in [0.29, 0.717) is 6.42 Å². The number of aliphatic hydroxyl groups is 1. The largest absolute Gasteiger partial charge is 0.489 e. The number of rotatable bonds is 4. The summed E-state index contributed by atoms with van der Waals surface area (Å²) in [6.07, 6.45) is 4.00. The van der Waals surface area contributed by atoms with E-state index in [4.69, 9.17) is 9.84 Å². The first-order valence-electron chi connectivity index (χ1n) is 4.10. The molecule has 0 radical (unpaired) electrons. The summed E-state index contributed by atoms with van der Waals surface area (Å²) in [5, 5.41) is 8.66. The van der Waals surface area contributed by atoms with Gasteiger partial charge in [0.25, 0.3) is 0 Å². The number of hydrogen-bond acceptors (Lipinski definition) is 3. The molecule has 0 fully saturated rings. The van der Waals surface area contributed by atoms with Crippen LogP contribution in [0.2, 0.25) is 0 Å². The van der Waals surface area contributed by atoms with Crippen molar-refractivity contribution in [2.45, 2.75) is 19.4 Å². The smallest absolute Gasteiger partial charge is 0.139 e. The normalized spacial score (nSPS) is 12.5. The van der Waals surface area contributed by atoms with Gasteiger partial charge in [-0.2, -0.15) is 0 Å². The highest BCUT2D eigenvalue weighted by atomic mass is 79.9. The van der Waals surface area contributed by atoms with Crippen molar-refractivity contribution in [1.82, 2.24) is 4.98 Å². The Hall–Kier alpha value is -0.610. The van der Waals surface area contributed by atoms with Crippen molar-refractivity contribution in [1.29, 1.82) is 0 Å². The van der Waals surface area contributed by atoms with Gasteiger partial charge in [-0.05, 0) is 28.9 Å². The second kappa shape index (κ2) is 5.19. The Morgan fingerprint density at radius 3 is 3.00 bits per heavy atom. The molecule has 0 bridgehead atoms. The molecular formula is C9H12BrNO2. The third-order valence-corrected chi connectivity index (χ3v) is 1.99.